The highest BCUT2D eigenvalue weighted by Crippen LogP contribution is 2.34. The SMILES string of the molecule is CSc1nc2c(N)ncnc2n1C1CCC(CO)O1. The maximum absolute atomic E-state index is 9.16. The lowest BCUT2D eigenvalue weighted by atomic mass is 10.2. The van der Waals surface area contributed by atoms with Crippen LogP contribution in [0.2, 0.25) is 0 Å². The van der Waals surface area contributed by atoms with Crippen LogP contribution in [0.1, 0.15) is 19.1 Å². The smallest absolute Gasteiger partial charge is 0.172 e. The number of nitrogens with zero attached hydrogens (tertiary/aromatic N) is 4. The Labute approximate surface area is 114 Å². The fraction of sp³-hybridized carbons (Fsp3) is 0.545. The predicted molar refractivity (Wildman–Crippen MR) is 71.7 cm³/mol. The second-order valence-corrected chi connectivity index (χ2v) is 5.15. The molecule has 1 aliphatic heterocycles. The minimum Gasteiger partial charge on any atom is -0.394 e. The topological polar surface area (TPSA) is 99.1 Å². The molecule has 0 bridgehead atoms. The van der Waals surface area contributed by atoms with Crippen molar-refractivity contribution in [1.82, 2.24) is 19.5 Å². The van der Waals surface area contributed by atoms with Crippen LogP contribution < -0.4 is 5.73 Å². The fourth-order valence-corrected chi connectivity index (χ4v) is 2.90. The van der Waals surface area contributed by atoms with Gasteiger partial charge in [-0.3, -0.25) is 4.57 Å². The molecule has 2 aromatic rings. The van der Waals surface area contributed by atoms with Crippen molar-refractivity contribution in [3.05, 3.63) is 6.33 Å². The highest BCUT2D eigenvalue weighted by Gasteiger charge is 2.29. The van der Waals surface area contributed by atoms with E-state index in [1.807, 2.05) is 10.8 Å². The summed E-state index contributed by atoms with van der Waals surface area (Å²) in [6.07, 6.45) is 4.76. The Hall–Kier alpha value is -1.38. The van der Waals surface area contributed by atoms with E-state index in [0.29, 0.717) is 17.0 Å². The molecule has 0 aromatic carbocycles. The molecule has 2 unspecified atom stereocenters. The first-order chi connectivity index (χ1) is 9.24. The summed E-state index contributed by atoms with van der Waals surface area (Å²) in [5.74, 6) is 0.371. The molecule has 3 N–H and O–H groups in total. The number of fused-ring (bicyclic) bond motifs is 1. The summed E-state index contributed by atoms with van der Waals surface area (Å²) in [7, 11) is 0. The lowest BCUT2D eigenvalue weighted by molar-refractivity contribution is -0.0244. The summed E-state index contributed by atoms with van der Waals surface area (Å²) in [5.41, 5.74) is 7.11. The number of hydrogen-bond acceptors (Lipinski definition) is 7. The highest BCUT2D eigenvalue weighted by molar-refractivity contribution is 7.98. The summed E-state index contributed by atoms with van der Waals surface area (Å²) < 4.78 is 7.74. The van der Waals surface area contributed by atoms with Crippen molar-refractivity contribution in [2.24, 2.45) is 0 Å². The van der Waals surface area contributed by atoms with Crippen LogP contribution in [-0.4, -0.2) is 43.6 Å². The van der Waals surface area contributed by atoms with E-state index >= 15 is 0 Å². The monoisotopic (exact) mass is 281 g/mol. The molecule has 1 fully saturated rings. The first-order valence-electron chi connectivity index (χ1n) is 6.03. The number of aliphatic hydroxyl groups excluding tert-OH is 1. The predicted octanol–water partition coefficient (Wildman–Crippen LogP) is 0.800. The Morgan fingerprint density at radius 3 is 3.05 bits per heavy atom. The minimum absolute atomic E-state index is 0.0366. The van der Waals surface area contributed by atoms with E-state index in [0.717, 1.165) is 18.0 Å². The Morgan fingerprint density at radius 2 is 2.37 bits per heavy atom. The standard InChI is InChI=1S/C11H15N5O2S/c1-19-11-15-8-9(12)13-5-14-10(8)16(11)7-3-2-6(4-17)18-7/h5-7,17H,2-4H2,1H3,(H2,12,13,14). The molecule has 2 aromatic heterocycles. The molecule has 2 atom stereocenters. The number of thioether (sulfide) groups is 1. The lowest BCUT2D eigenvalue weighted by Crippen LogP contribution is -2.15. The third kappa shape index (κ3) is 2.05. The molecule has 0 saturated carbocycles. The van der Waals surface area contributed by atoms with Gasteiger partial charge in [0.05, 0.1) is 12.7 Å². The van der Waals surface area contributed by atoms with Crippen LogP contribution in [-0.2, 0) is 4.74 Å². The van der Waals surface area contributed by atoms with Gasteiger partial charge in [-0.25, -0.2) is 15.0 Å². The van der Waals surface area contributed by atoms with Gasteiger partial charge in [0.1, 0.15) is 12.6 Å². The van der Waals surface area contributed by atoms with Crippen molar-refractivity contribution < 1.29 is 9.84 Å². The van der Waals surface area contributed by atoms with Gasteiger partial charge in [-0.1, -0.05) is 11.8 Å². The molecule has 1 aliphatic rings. The largest absolute Gasteiger partial charge is 0.394 e. The summed E-state index contributed by atoms with van der Waals surface area (Å²) in [6.45, 7) is 0.0366. The summed E-state index contributed by atoms with van der Waals surface area (Å²) >= 11 is 1.51. The van der Waals surface area contributed by atoms with Gasteiger partial charge in [0, 0.05) is 0 Å². The van der Waals surface area contributed by atoms with Crippen LogP contribution in [0.3, 0.4) is 0 Å². The van der Waals surface area contributed by atoms with E-state index in [1.54, 1.807) is 0 Å². The third-order valence-electron chi connectivity index (χ3n) is 3.23. The number of nitrogen functional groups attached to an aromatic ring is 1. The van der Waals surface area contributed by atoms with Gasteiger partial charge in [-0.15, -0.1) is 0 Å². The van der Waals surface area contributed by atoms with E-state index in [1.165, 1.54) is 18.1 Å². The van der Waals surface area contributed by atoms with Gasteiger partial charge in [-0.05, 0) is 19.1 Å². The number of aliphatic hydroxyl groups is 1. The van der Waals surface area contributed by atoms with E-state index in [9.17, 15) is 0 Å². The molecule has 0 spiro atoms. The van der Waals surface area contributed by atoms with Gasteiger partial charge in [0.25, 0.3) is 0 Å². The van der Waals surface area contributed by atoms with Gasteiger partial charge in [-0.2, -0.15) is 0 Å². The van der Waals surface area contributed by atoms with Crippen molar-refractivity contribution in [1.29, 1.82) is 0 Å². The van der Waals surface area contributed by atoms with Crippen LogP contribution in [0.25, 0.3) is 11.2 Å². The Kier molecular flexibility index (Phi) is 3.29. The number of aromatic nitrogens is 4. The molecule has 102 valence electrons. The maximum atomic E-state index is 9.16. The van der Waals surface area contributed by atoms with E-state index in [4.69, 9.17) is 15.6 Å². The normalized spacial score (nSPS) is 23.3. The molecule has 0 amide bonds. The first-order valence-corrected chi connectivity index (χ1v) is 7.25. The van der Waals surface area contributed by atoms with Crippen molar-refractivity contribution in [3.8, 4) is 0 Å². The third-order valence-corrected chi connectivity index (χ3v) is 3.89. The quantitative estimate of drug-likeness (QED) is 0.803. The van der Waals surface area contributed by atoms with E-state index in [2.05, 4.69) is 15.0 Å². The molecule has 3 rings (SSSR count). The van der Waals surface area contributed by atoms with Gasteiger partial charge in [0.15, 0.2) is 22.1 Å². The summed E-state index contributed by atoms with van der Waals surface area (Å²) in [5, 5.41) is 9.96. The second-order valence-electron chi connectivity index (χ2n) is 4.37. The molecule has 8 heteroatoms. The number of rotatable bonds is 3. The zero-order valence-electron chi connectivity index (χ0n) is 10.5. The number of imidazole rings is 1. The second kappa shape index (κ2) is 4.95. The molecule has 7 nitrogen and oxygen atoms in total. The number of nitrogens with two attached hydrogens (primary N) is 1. The minimum atomic E-state index is -0.154. The van der Waals surface area contributed by atoms with Gasteiger partial charge < -0.3 is 15.6 Å². The summed E-state index contributed by atoms with van der Waals surface area (Å²) in [4.78, 5) is 12.7. The van der Waals surface area contributed by atoms with Crippen LogP contribution in [0.4, 0.5) is 5.82 Å². The van der Waals surface area contributed by atoms with Gasteiger partial charge in [0.2, 0.25) is 0 Å². The average Bonchev–Trinajstić information content (AvgIpc) is 3.02. The van der Waals surface area contributed by atoms with Crippen LogP contribution in [0, 0.1) is 0 Å². The molecule has 0 aliphatic carbocycles. The average molecular weight is 281 g/mol. The number of ether oxygens (including phenoxy) is 1. The van der Waals surface area contributed by atoms with Crippen LogP contribution in [0.15, 0.2) is 11.5 Å². The van der Waals surface area contributed by atoms with Gasteiger partial charge >= 0.3 is 0 Å². The van der Waals surface area contributed by atoms with E-state index < -0.39 is 0 Å². The highest BCUT2D eigenvalue weighted by atomic mass is 32.2. The van der Waals surface area contributed by atoms with Crippen molar-refractivity contribution >= 4 is 28.7 Å². The Bertz CT molecular complexity index is 602. The molecule has 19 heavy (non-hydrogen) atoms. The Morgan fingerprint density at radius 1 is 1.53 bits per heavy atom. The zero-order chi connectivity index (χ0) is 13.4. The van der Waals surface area contributed by atoms with Crippen molar-refractivity contribution in [2.75, 3.05) is 18.6 Å². The van der Waals surface area contributed by atoms with Crippen molar-refractivity contribution in [2.45, 2.75) is 30.3 Å². The number of anilines is 1. The summed E-state index contributed by atoms with van der Waals surface area (Å²) in [6, 6.07) is 0. The first kappa shape index (κ1) is 12.6. The lowest BCUT2D eigenvalue weighted by Gasteiger charge is -2.16. The Balaban J connectivity index is 2.09. The van der Waals surface area contributed by atoms with Crippen molar-refractivity contribution in [3.63, 3.8) is 0 Å². The maximum Gasteiger partial charge on any atom is 0.172 e. The number of hydrogen-bond donors (Lipinski definition) is 2. The molecule has 3 heterocycles. The van der Waals surface area contributed by atoms with Crippen LogP contribution >= 0.6 is 11.8 Å². The molecule has 0 radical (unpaired) electrons. The molecular formula is C11H15N5O2S. The fourth-order valence-electron chi connectivity index (χ4n) is 2.32. The van der Waals surface area contributed by atoms with E-state index in [-0.39, 0.29) is 18.9 Å². The molecular weight excluding hydrogens is 266 g/mol. The van der Waals surface area contributed by atoms with Crippen LogP contribution in [0.5, 0.6) is 0 Å². The molecule has 1 saturated heterocycles. The zero-order valence-corrected chi connectivity index (χ0v) is 11.3.